The number of nitrogens with one attached hydrogen (secondary N) is 4. The minimum atomic E-state index is -0.625. The number of para-hydroxylation sites is 1. The van der Waals surface area contributed by atoms with E-state index in [0.29, 0.717) is 40.1 Å². The molecule has 0 aliphatic heterocycles. The summed E-state index contributed by atoms with van der Waals surface area (Å²) in [6.07, 6.45) is 4.27. The van der Waals surface area contributed by atoms with Crippen molar-refractivity contribution in [3.63, 3.8) is 0 Å². The Bertz CT molecular complexity index is 1730. The van der Waals surface area contributed by atoms with Crippen LogP contribution in [-0.2, 0) is 14.3 Å². The van der Waals surface area contributed by atoms with E-state index in [0.717, 1.165) is 19.3 Å². The van der Waals surface area contributed by atoms with E-state index in [1.807, 2.05) is 0 Å². The number of amides is 1. The average Bonchev–Trinajstić information content (AvgIpc) is 3.34. The predicted octanol–water partition coefficient (Wildman–Crippen LogP) is 4.62. The average molecular weight is 538 g/mol. The van der Waals surface area contributed by atoms with Crippen molar-refractivity contribution in [3.8, 4) is 0 Å². The zero-order valence-electron chi connectivity index (χ0n) is 21.7. The first-order chi connectivity index (χ1) is 19.4. The second-order valence-electron chi connectivity index (χ2n) is 9.23. The molecule has 3 aromatic carbocycles. The molecule has 0 radical (unpaired) electrons. The number of aromatic nitrogens is 2. The molecule has 0 unspecified atom stereocenters. The van der Waals surface area contributed by atoms with Gasteiger partial charge in [-0.1, -0.05) is 56.2 Å². The molecule has 0 fully saturated rings. The molecule has 1 aliphatic carbocycles. The third-order valence-corrected chi connectivity index (χ3v) is 6.41. The van der Waals surface area contributed by atoms with Crippen LogP contribution in [0.25, 0.3) is 17.1 Å². The van der Waals surface area contributed by atoms with Crippen molar-refractivity contribution in [3.05, 3.63) is 99.5 Å². The molecule has 1 amide bonds. The Labute approximate surface area is 229 Å². The lowest BCUT2D eigenvalue weighted by Crippen LogP contribution is -2.30. The van der Waals surface area contributed by atoms with Crippen LogP contribution in [0, 0.1) is 0 Å². The number of esters is 1. The van der Waals surface area contributed by atoms with E-state index < -0.39 is 17.7 Å². The molecule has 5 rings (SSSR count). The van der Waals surface area contributed by atoms with Crippen molar-refractivity contribution >= 4 is 51.9 Å². The Morgan fingerprint density at radius 1 is 0.925 bits per heavy atom. The standard InChI is InChI=1S/C30H27N5O5/c1-2-3-8-15-40-29(38)21-11-6-7-12-23(21)34-35-26-20-10-5-4-9-18(20)16-22(27(26)36)28(37)31-19-13-14-24-25(17-19)33-30(39)32-24/h4-7,9-14,16-17,34H,2-3,8,15H2,1H3,(H,31,37)(H2,32,33,39)/b35-26-. The number of Topliss-reactive ketones (excluding diaryl/α,β-unsaturated/α-hetero) is 1. The van der Waals surface area contributed by atoms with Gasteiger partial charge in [0.15, 0.2) is 0 Å². The molecule has 1 heterocycles. The Balaban J connectivity index is 1.40. The molecule has 1 aliphatic rings. The van der Waals surface area contributed by atoms with E-state index in [1.165, 1.54) is 6.08 Å². The van der Waals surface area contributed by atoms with E-state index in [-0.39, 0.29) is 22.5 Å². The van der Waals surface area contributed by atoms with Gasteiger partial charge in [-0.2, -0.15) is 5.10 Å². The van der Waals surface area contributed by atoms with Crippen LogP contribution in [-0.4, -0.2) is 39.9 Å². The van der Waals surface area contributed by atoms with E-state index >= 15 is 0 Å². The summed E-state index contributed by atoms with van der Waals surface area (Å²) in [5, 5.41) is 7.08. The van der Waals surface area contributed by atoms with Crippen LogP contribution in [0.5, 0.6) is 0 Å². The van der Waals surface area contributed by atoms with Gasteiger partial charge in [-0.3, -0.25) is 15.0 Å². The first-order valence-electron chi connectivity index (χ1n) is 12.9. The Morgan fingerprint density at radius 3 is 2.55 bits per heavy atom. The van der Waals surface area contributed by atoms with Gasteiger partial charge in [0.2, 0.25) is 5.78 Å². The first-order valence-corrected chi connectivity index (χ1v) is 12.9. The molecule has 1 aromatic heterocycles. The maximum absolute atomic E-state index is 13.5. The highest BCUT2D eigenvalue weighted by atomic mass is 16.5. The van der Waals surface area contributed by atoms with Gasteiger partial charge in [0.1, 0.15) is 5.71 Å². The van der Waals surface area contributed by atoms with Crippen LogP contribution in [0.2, 0.25) is 0 Å². The fourth-order valence-corrected chi connectivity index (χ4v) is 4.37. The quantitative estimate of drug-likeness (QED) is 0.106. The summed E-state index contributed by atoms with van der Waals surface area (Å²) in [7, 11) is 0. The number of nitrogens with zero attached hydrogens (tertiary/aromatic N) is 1. The van der Waals surface area contributed by atoms with Crippen LogP contribution in [0.1, 0.15) is 47.7 Å². The zero-order chi connectivity index (χ0) is 28.1. The number of anilines is 2. The Hall–Kier alpha value is -5.25. The van der Waals surface area contributed by atoms with Crippen LogP contribution < -0.4 is 16.4 Å². The molecule has 40 heavy (non-hydrogen) atoms. The SMILES string of the molecule is CCCCCOC(=O)c1ccccc1N/N=C1\C(=O)C(C(=O)Nc2ccc3[nH]c(=O)[nH]c3c2)=Cc2ccccc21. The molecule has 0 atom stereocenters. The van der Waals surface area contributed by atoms with Crippen molar-refractivity contribution in [2.24, 2.45) is 5.10 Å². The van der Waals surface area contributed by atoms with Gasteiger partial charge in [-0.05, 0) is 48.4 Å². The maximum Gasteiger partial charge on any atom is 0.340 e. The van der Waals surface area contributed by atoms with Crippen molar-refractivity contribution in [2.45, 2.75) is 26.2 Å². The molecule has 10 heteroatoms. The number of rotatable bonds is 9. The first kappa shape index (κ1) is 26.4. The van der Waals surface area contributed by atoms with Crippen LogP contribution >= 0.6 is 0 Å². The highest BCUT2D eigenvalue weighted by Crippen LogP contribution is 2.25. The lowest BCUT2D eigenvalue weighted by atomic mass is 9.89. The van der Waals surface area contributed by atoms with Crippen LogP contribution in [0.4, 0.5) is 11.4 Å². The Kier molecular flexibility index (Phi) is 7.68. The summed E-state index contributed by atoms with van der Waals surface area (Å²) < 4.78 is 5.40. The summed E-state index contributed by atoms with van der Waals surface area (Å²) >= 11 is 0. The molecule has 0 bridgehead atoms. The number of imidazole rings is 1. The lowest BCUT2D eigenvalue weighted by Gasteiger charge is -2.18. The van der Waals surface area contributed by atoms with Crippen LogP contribution in [0.15, 0.2) is 82.2 Å². The minimum Gasteiger partial charge on any atom is -0.462 e. The second-order valence-corrected chi connectivity index (χ2v) is 9.23. The van der Waals surface area contributed by atoms with Gasteiger partial charge in [0, 0.05) is 11.3 Å². The molecule has 202 valence electrons. The van der Waals surface area contributed by atoms with Gasteiger partial charge in [0.05, 0.1) is 34.5 Å². The third kappa shape index (κ3) is 5.60. The molecule has 10 nitrogen and oxygen atoms in total. The molecule has 4 aromatic rings. The summed E-state index contributed by atoms with van der Waals surface area (Å²) in [6.45, 7) is 2.39. The van der Waals surface area contributed by atoms with E-state index in [4.69, 9.17) is 4.74 Å². The largest absolute Gasteiger partial charge is 0.462 e. The number of benzene rings is 3. The summed E-state index contributed by atoms with van der Waals surface area (Å²) in [4.78, 5) is 56.3. The number of unbranched alkanes of at least 4 members (excludes halogenated alkanes) is 2. The fourth-order valence-electron chi connectivity index (χ4n) is 4.37. The van der Waals surface area contributed by atoms with Crippen molar-refractivity contribution in [1.82, 2.24) is 9.97 Å². The summed E-state index contributed by atoms with van der Waals surface area (Å²) in [5.74, 6) is -1.70. The number of hydrogen-bond acceptors (Lipinski definition) is 7. The number of hydrogen-bond donors (Lipinski definition) is 4. The fraction of sp³-hybridized carbons (Fsp3) is 0.167. The number of aromatic amines is 2. The lowest BCUT2D eigenvalue weighted by molar-refractivity contribution is -0.116. The van der Waals surface area contributed by atoms with Crippen molar-refractivity contribution in [1.29, 1.82) is 0 Å². The molecular weight excluding hydrogens is 510 g/mol. The van der Waals surface area contributed by atoms with Gasteiger partial charge in [-0.25, -0.2) is 9.59 Å². The highest BCUT2D eigenvalue weighted by molar-refractivity contribution is 6.59. The third-order valence-electron chi connectivity index (χ3n) is 6.41. The number of fused-ring (bicyclic) bond motifs is 2. The Morgan fingerprint density at radius 2 is 1.70 bits per heavy atom. The second kappa shape index (κ2) is 11.6. The topological polar surface area (TPSA) is 146 Å². The van der Waals surface area contributed by atoms with E-state index in [2.05, 4.69) is 32.7 Å². The van der Waals surface area contributed by atoms with E-state index in [1.54, 1.807) is 66.7 Å². The van der Waals surface area contributed by atoms with Crippen LogP contribution in [0.3, 0.4) is 0 Å². The molecular formula is C30H27N5O5. The minimum absolute atomic E-state index is 0.0276. The van der Waals surface area contributed by atoms with Gasteiger partial charge in [0.25, 0.3) is 5.91 Å². The maximum atomic E-state index is 13.5. The number of ketones is 1. The monoisotopic (exact) mass is 537 g/mol. The number of H-pyrrole nitrogens is 2. The summed E-state index contributed by atoms with van der Waals surface area (Å²) in [6, 6.07) is 18.7. The van der Waals surface area contributed by atoms with Crippen molar-refractivity contribution in [2.75, 3.05) is 17.3 Å². The summed E-state index contributed by atoms with van der Waals surface area (Å²) in [5.41, 5.74) is 5.76. The number of ether oxygens (including phenoxy) is 1. The van der Waals surface area contributed by atoms with E-state index in [9.17, 15) is 19.2 Å². The molecule has 0 saturated heterocycles. The van der Waals surface area contributed by atoms with Gasteiger partial charge >= 0.3 is 11.7 Å². The zero-order valence-corrected chi connectivity index (χ0v) is 21.7. The number of carbonyl (C=O) groups is 3. The highest BCUT2D eigenvalue weighted by Gasteiger charge is 2.30. The van der Waals surface area contributed by atoms with Gasteiger partial charge < -0.3 is 20.0 Å². The normalized spacial score (nSPS) is 13.6. The van der Waals surface area contributed by atoms with Gasteiger partial charge in [-0.15, -0.1) is 0 Å². The molecule has 0 saturated carbocycles. The molecule has 0 spiro atoms. The number of hydrazone groups is 1. The molecule has 4 N–H and O–H groups in total. The smallest absolute Gasteiger partial charge is 0.340 e. The predicted molar refractivity (Wildman–Crippen MR) is 153 cm³/mol. The number of carbonyl (C=O) groups excluding carboxylic acids is 3. The van der Waals surface area contributed by atoms with Crippen molar-refractivity contribution < 1.29 is 19.1 Å².